The van der Waals surface area contributed by atoms with Crippen molar-refractivity contribution in [2.75, 3.05) is 11.9 Å². The lowest BCUT2D eigenvalue weighted by Gasteiger charge is -2.19. The van der Waals surface area contributed by atoms with Crippen LogP contribution in [-0.2, 0) is 4.79 Å². The van der Waals surface area contributed by atoms with Crippen LogP contribution in [0.3, 0.4) is 0 Å². The number of amides is 2. The summed E-state index contributed by atoms with van der Waals surface area (Å²) >= 11 is 5.86. The molecule has 0 saturated heterocycles. The Bertz CT molecular complexity index is 759. The zero-order valence-corrected chi connectivity index (χ0v) is 13.2. The minimum Gasteiger partial charge on any atom is -0.482 e. The van der Waals surface area contributed by atoms with Crippen molar-refractivity contribution in [2.45, 2.75) is 13.0 Å². The predicted molar refractivity (Wildman–Crippen MR) is 87.9 cm³/mol. The van der Waals surface area contributed by atoms with Gasteiger partial charge in [-0.1, -0.05) is 23.7 Å². The quantitative estimate of drug-likeness (QED) is 0.908. The average Bonchev–Trinajstić information content (AvgIpc) is 2.54. The molecule has 0 aliphatic carbocycles. The third-order valence-corrected chi connectivity index (χ3v) is 3.85. The number of hydrogen-bond donors (Lipinski definition) is 2. The Morgan fingerprint density at radius 2 is 2.00 bits per heavy atom. The number of rotatable bonds is 3. The molecule has 1 aliphatic heterocycles. The number of benzene rings is 2. The fourth-order valence-corrected chi connectivity index (χ4v) is 2.46. The molecule has 2 amide bonds. The summed E-state index contributed by atoms with van der Waals surface area (Å²) in [5, 5.41) is 6.27. The molecule has 2 aromatic carbocycles. The normalized spacial score (nSPS) is 14.3. The Kier molecular flexibility index (Phi) is 4.21. The van der Waals surface area contributed by atoms with E-state index in [9.17, 15) is 9.59 Å². The van der Waals surface area contributed by atoms with E-state index in [-0.39, 0.29) is 24.5 Å². The van der Waals surface area contributed by atoms with Gasteiger partial charge >= 0.3 is 0 Å². The standard InChI is InChI=1S/C17H15ClN2O3/c1-10(11-2-5-13(18)6-3-11)19-17(22)12-4-7-14-15(8-12)23-9-16(21)20-14/h2-8,10H,9H2,1H3,(H,19,22)(H,20,21). The fraction of sp³-hybridized carbons (Fsp3) is 0.176. The summed E-state index contributed by atoms with van der Waals surface area (Å²) in [6, 6.07) is 12.1. The molecule has 6 heteroatoms. The number of nitrogens with one attached hydrogen (secondary N) is 2. The monoisotopic (exact) mass is 330 g/mol. The zero-order valence-electron chi connectivity index (χ0n) is 12.4. The van der Waals surface area contributed by atoms with Gasteiger partial charge in [0.15, 0.2) is 6.61 Å². The van der Waals surface area contributed by atoms with E-state index >= 15 is 0 Å². The van der Waals surface area contributed by atoms with Crippen LogP contribution in [0.5, 0.6) is 5.75 Å². The van der Waals surface area contributed by atoms with E-state index in [1.165, 1.54) is 0 Å². The molecular weight excluding hydrogens is 316 g/mol. The van der Waals surface area contributed by atoms with Crippen LogP contribution in [0.15, 0.2) is 42.5 Å². The van der Waals surface area contributed by atoms with Crippen molar-refractivity contribution in [3.8, 4) is 5.75 Å². The van der Waals surface area contributed by atoms with Gasteiger partial charge in [0.05, 0.1) is 11.7 Å². The van der Waals surface area contributed by atoms with E-state index in [0.29, 0.717) is 22.0 Å². The summed E-state index contributed by atoms with van der Waals surface area (Å²) < 4.78 is 5.32. The Morgan fingerprint density at radius 3 is 2.74 bits per heavy atom. The molecule has 1 heterocycles. The number of anilines is 1. The maximum atomic E-state index is 12.4. The van der Waals surface area contributed by atoms with Crippen molar-refractivity contribution < 1.29 is 14.3 Å². The molecule has 1 unspecified atom stereocenters. The highest BCUT2D eigenvalue weighted by Gasteiger charge is 2.18. The van der Waals surface area contributed by atoms with Crippen molar-refractivity contribution in [3.63, 3.8) is 0 Å². The van der Waals surface area contributed by atoms with E-state index in [2.05, 4.69) is 10.6 Å². The van der Waals surface area contributed by atoms with Gasteiger partial charge in [0.1, 0.15) is 5.75 Å². The van der Waals surface area contributed by atoms with Crippen molar-refractivity contribution in [3.05, 3.63) is 58.6 Å². The highest BCUT2D eigenvalue weighted by Crippen LogP contribution is 2.28. The molecule has 3 rings (SSSR count). The molecule has 118 valence electrons. The Morgan fingerprint density at radius 1 is 1.26 bits per heavy atom. The van der Waals surface area contributed by atoms with E-state index < -0.39 is 0 Å². The molecule has 0 aromatic heterocycles. The number of hydrogen-bond acceptors (Lipinski definition) is 3. The Labute approximate surface area is 138 Å². The van der Waals surface area contributed by atoms with Crippen LogP contribution in [0.25, 0.3) is 0 Å². The average molecular weight is 331 g/mol. The Hall–Kier alpha value is -2.53. The summed E-state index contributed by atoms with van der Waals surface area (Å²) in [4.78, 5) is 23.6. The van der Waals surface area contributed by atoms with Gasteiger partial charge in [0, 0.05) is 10.6 Å². The summed E-state index contributed by atoms with van der Waals surface area (Å²) in [6.07, 6.45) is 0. The van der Waals surface area contributed by atoms with Gasteiger partial charge < -0.3 is 15.4 Å². The summed E-state index contributed by atoms with van der Waals surface area (Å²) in [5.41, 5.74) is 2.01. The lowest BCUT2D eigenvalue weighted by Crippen LogP contribution is -2.28. The SMILES string of the molecule is CC(NC(=O)c1ccc2c(c1)OCC(=O)N2)c1ccc(Cl)cc1. The van der Waals surface area contributed by atoms with Gasteiger partial charge in [0.25, 0.3) is 11.8 Å². The molecule has 1 aliphatic rings. The fourth-order valence-electron chi connectivity index (χ4n) is 2.33. The predicted octanol–water partition coefficient (Wildman–Crippen LogP) is 3.16. The number of carbonyl (C=O) groups is 2. The maximum Gasteiger partial charge on any atom is 0.262 e. The van der Waals surface area contributed by atoms with Gasteiger partial charge in [-0.15, -0.1) is 0 Å². The van der Waals surface area contributed by atoms with Gasteiger partial charge in [-0.25, -0.2) is 0 Å². The number of carbonyl (C=O) groups excluding carboxylic acids is 2. The van der Waals surface area contributed by atoms with Gasteiger partial charge in [-0.2, -0.15) is 0 Å². The molecule has 0 fully saturated rings. The minimum absolute atomic E-state index is 0.0424. The molecule has 23 heavy (non-hydrogen) atoms. The van der Waals surface area contributed by atoms with Crippen LogP contribution in [0.1, 0.15) is 28.9 Å². The smallest absolute Gasteiger partial charge is 0.262 e. The van der Waals surface area contributed by atoms with E-state index in [4.69, 9.17) is 16.3 Å². The van der Waals surface area contributed by atoms with Crippen molar-refractivity contribution >= 4 is 29.1 Å². The highest BCUT2D eigenvalue weighted by atomic mass is 35.5. The number of fused-ring (bicyclic) bond motifs is 1. The summed E-state index contributed by atoms with van der Waals surface area (Å²) in [6.45, 7) is 1.86. The first kappa shape index (κ1) is 15.4. The van der Waals surface area contributed by atoms with Gasteiger partial charge in [-0.3, -0.25) is 9.59 Å². The molecule has 0 spiro atoms. The second-order valence-corrected chi connectivity index (χ2v) is 5.73. The molecule has 0 bridgehead atoms. The lowest BCUT2D eigenvalue weighted by atomic mass is 10.1. The molecule has 1 atom stereocenters. The lowest BCUT2D eigenvalue weighted by molar-refractivity contribution is -0.118. The number of ether oxygens (including phenoxy) is 1. The van der Waals surface area contributed by atoms with Crippen LogP contribution in [0, 0.1) is 0 Å². The Balaban J connectivity index is 1.73. The first-order valence-corrected chi connectivity index (χ1v) is 7.54. The molecule has 0 saturated carbocycles. The van der Waals surface area contributed by atoms with E-state index in [1.807, 2.05) is 19.1 Å². The van der Waals surface area contributed by atoms with E-state index in [0.717, 1.165) is 5.56 Å². The highest BCUT2D eigenvalue weighted by molar-refractivity contribution is 6.30. The second-order valence-electron chi connectivity index (χ2n) is 5.29. The maximum absolute atomic E-state index is 12.4. The summed E-state index contributed by atoms with van der Waals surface area (Å²) in [7, 11) is 0. The van der Waals surface area contributed by atoms with Crippen molar-refractivity contribution in [1.82, 2.24) is 5.32 Å². The molecular formula is C17H15ClN2O3. The van der Waals surface area contributed by atoms with Gasteiger partial charge in [0.2, 0.25) is 0 Å². The molecule has 2 aromatic rings. The van der Waals surface area contributed by atoms with Gasteiger partial charge in [-0.05, 0) is 42.8 Å². The van der Waals surface area contributed by atoms with Crippen LogP contribution in [0.2, 0.25) is 5.02 Å². The molecule has 5 nitrogen and oxygen atoms in total. The van der Waals surface area contributed by atoms with Crippen LogP contribution < -0.4 is 15.4 Å². The topological polar surface area (TPSA) is 67.4 Å². The molecule has 2 N–H and O–H groups in total. The van der Waals surface area contributed by atoms with E-state index in [1.54, 1.807) is 30.3 Å². The largest absolute Gasteiger partial charge is 0.482 e. The number of halogens is 1. The first-order chi connectivity index (χ1) is 11.0. The van der Waals surface area contributed by atoms with Crippen molar-refractivity contribution in [2.24, 2.45) is 0 Å². The van der Waals surface area contributed by atoms with Crippen LogP contribution in [0.4, 0.5) is 5.69 Å². The van der Waals surface area contributed by atoms with Crippen LogP contribution >= 0.6 is 11.6 Å². The zero-order chi connectivity index (χ0) is 16.4. The van der Waals surface area contributed by atoms with Crippen molar-refractivity contribution in [1.29, 1.82) is 0 Å². The summed E-state index contributed by atoms with van der Waals surface area (Å²) in [5.74, 6) is 0.0817. The third kappa shape index (κ3) is 3.46. The second kappa shape index (κ2) is 6.30. The van der Waals surface area contributed by atoms with Crippen LogP contribution in [-0.4, -0.2) is 18.4 Å². The molecule has 0 radical (unpaired) electrons. The minimum atomic E-state index is -0.212. The third-order valence-electron chi connectivity index (χ3n) is 3.59. The first-order valence-electron chi connectivity index (χ1n) is 7.16.